The van der Waals surface area contributed by atoms with Gasteiger partial charge < -0.3 is 14.7 Å². The lowest BCUT2D eigenvalue weighted by molar-refractivity contribution is -0.141. The molecule has 1 saturated heterocycles. The largest absolute Gasteiger partial charge is 0.481 e. The van der Waals surface area contributed by atoms with Crippen molar-refractivity contribution in [2.75, 3.05) is 13.1 Å². The molecule has 1 aromatic carbocycles. The van der Waals surface area contributed by atoms with Crippen LogP contribution in [0, 0.1) is 5.92 Å². The minimum atomic E-state index is -0.846. The van der Waals surface area contributed by atoms with E-state index in [1.165, 1.54) is 21.6 Å². The van der Waals surface area contributed by atoms with Crippen LogP contribution in [0.3, 0.4) is 0 Å². The first-order chi connectivity index (χ1) is 13.2. The molecule has 1 N–H and O–H groups in total. The highest BCUT2D eigenvalue weighted by Crippen LogP contribution is 2.26. The molecular formula is C23H31NO4. The van der Waals surface area contributed by atoms with E-state index in [1.54, 1.807) is 20.8 Å². The average Bonchev–Trinajstić information content (AvgIpc) is 3.03. The van der Waals surface area contributed by atoms with Crippen molar-refractivity contribution in [2.24, 2.45) is 5.92 Å². The molecule has 3 rings (SSSR count). The van der Waals surface area contributed by atoms with Crippen LogP contribution in [-0.2, 0) is 9.53 Å². The van der Waals surface area contributed by atoms with Crippen LogP contribution in [0.2, 0.25) is 0 Å². The Hall–Kier alpha value is -2.56. The van der Waals surface area contributed by atoms with Crippen LogP contribution in [0.5, 0.6) is 0 Å². The van der Waals surface area contributed by atoms with Crippen LogP contribution < -0.4 is 0 Å². The first kappa shape index (κ1) is 21.7. The lowest BCUT2D eigenvalue weighted by Crippen LogP contribution is -2.35. The molecule has 2 aliphatic rings. The normalized spacial score (nSPS) is 18.4. The van der Waals surface area contributed by atoms with Crippen molar-refractivity contribution in [2.45, 2.75) is 52.6 Å². The van der Waals surface area contributed by atoms with Crippen LogP contribution in [-0.4, -0.2) is 40.8 Å². The predicted octanol–water partition coefficient (Wildman–Crippen LogP) is 5.22. The molecule has 1 fully saturated rings. The van der Waals surface area contributed by atoms with E-state index in [2.05, 4.69) is 49.4 Å². The Morgan fingerprint density at radius 2 is 1.96 bits per heavy atom. The van der Waals surface area contributed by atoms with Crippen LogP contribution in [0.1, 0.15) is 58.1 Å². The molecular weight excluding hydrogens is 354 g/mol. The molecule has 5 heteroatoms. The van der Waals surface area contributed by atoms with E-state index in [0.29, 0.717) is 13.0 Å². The number of aliphatic carboxylic acids is 1. The molecule has 152 valence electrons. The number of hydrogen-bond donors (Lipinski definition) is 1. The lowest BCUT2D eigenvalue weighted by atomic mass is 9.99. The van der Waals surface area contributed by atoms with E-state index in [0.717, 1.165) is 12.8 Å². The van der Waals surface area contributed by atoms with E-state index in [9.17, 15) is 9.59 Å². The Morgan fingerprint density at radius 3 is 2.57 bits per heavy atom. The molecule has 1 aromatic rings. The highest BCUT2D eigenvalue weighted by molar-refractivity contribution is 5.76. The fourth-order valence-electron chi connectivity index (χ4n) is 3.24. The number of rotatable bonds is 2. The zero-order chi connectivity index (χ0) is 20.7. The molecule has 0 bridgehead atoms. The number of carbonyl (C=O) groups excluding carboxylic acids is 1. The van der Waals surface area contributed by atoms with Gasteiger partial charge in [0.2, 0.25) is 0 Å². The molecule has 5 nitrogen and oxygen atoms in total. The van der Waals surface area contributed by atoms with Crippen molar-refractivity contribution in [1.29, 1.82) is 0 Å². The number of fused-ring (bicyclic) bond motifs is 1. The highest BCUT2D eigenvalue weighted by atomic mass is 16.6. The summed E-state index contributed by atoms with van der Waals surface area (Å²) < 4.78 is 5.14. The lowest BCUT2D eigenvalue weighted by Gasteiger charge is -2.24. The Labute approximate surface area is 167 Å². The van der Waals surface area contributed by atoms with Gasteiger partial charge in [0.05, 0.1) is 5.92 Å². The Morgan fingerprint density at radius 1 is 1.25 bits per heavy atom. The van der Waals surface area contributed by atoms with Gasteiger partial charge in [-0.3, -0.25) is 4.79 Å². The number of nitrogens with zero attached hydrogens (tertiary/aromatic N) is 1. The Balaban J connectivity index is 0.000000202. The smallest absolute Gasteiger partial charge is 0.410 e. The molecule has 0 radical (unpaired) electrons. The first-order valence-electron chi connectivity index (χ1n) is 9.87. The number of hydrogen-bond acceptors (Lipinski definition) is 3. The summed E-state index contributed by atoms with van der Waals surface area (Å²) in [6.07, 6.45) is 9.04. The van der Waals surface area contributed by atoms with Gasteiger partial charge in [0.1, 0.15) is 5.60 Å². The predicted molar refractivity (Wildman–Crippen MR) is 112 cm³/mol. The molecule has 0 saturated carbocycles. The number of amides is 1. The number of benzene rings is 1. The van der Waals surface area contributed by atoms with Crippen LogP contribution >= 0.6 is 0 Å². The third-order valence-corrected chi connectivity index (χ3v) is 4.67. The van der Waals surface area contributed by atoms with Gasteiger partial charge in [0, 0.05) is 13.1 Å². The zero-order valence-corrected chi connectivity index (χ0v) is 17.3. The molecule has 1 aliphatic heterocycles. The van der Waals surface area contributed by atoms with Crippen molar-refractivity contribution >= 4 is 23.7 Å². The fraction of sp³-hybridized carbons (Fsp3) is 0.478. The molecule has 0 unspecified atom stereocenters. The Bertz CT molecular complexity index is 758. The second-order valence-corrected chi connectivity index (χ2v) is 8.06. The number of carboxylic acids is 1. The van der Waals surface area contributed by atoms with E-state index in [1.807, 2.05) is 0 Å². The quantitative estimate of drug-likeness (QED) is 0.757. The minimum Gasteiger partial charge on any atom is -0.481 e. The second-order valence-electron chi connectivity index (χ2n) is 8.06. The highest BCUT2D eigenvalue weighted by Gasteiger charge is 2.33. The van der Waals surface area contributed by atoms with Crippen LogP contribution in [0.4, 0.5) is 4.79 Å². The Kier molecular flexibility index (Phi) is 7.44. The van der Waals surface area contributed by atoms with Gasteiger partial charge in [-0.2, -0.15) is 0 Å². The topological polar surface area (TPSA) is 66.8 Å². The molecule has 1 atom stereocenters. The van der Waals surface area contributed by atoms with Crippen molar-refractivity contribution in [1.82, 2.24) is 4.90 Å². The van der Waals surface area contributed by atoms with Crippen LogP contribution in [0.15, 0.2) is 36.4 Å². The number of carbonyl (C=O) groups is 2. The van der Waals surface area contributed by atoms with Gasteiger partial charge in [-0.15, -0.1) is 0 Å². The van der Waals surface area contributed by atoms with Crippen molar-refractivity contribution in [3.05, 3.63) is 47.5 Å². The summed E-state index contributed by atoms with van der Waals surface area (Å²) in [5.74, 6) is -1.29. The van der Waals surface area contributed by atoms with E-state index in [-0.39, 0.29) is 6.54 Å². The summed E-state index contributed by atoms with van der Waals surface area (Å²) in [6, 6.07) is 8.60. The van der Waals surface area contributed by atoms with Crippen molar-refractivity contribution in [3.63, 3.8) is 0 Å². The third-order valence-electron chi connectivity index (χ3n) is 4.67. The zero-order valence-electron chi connectivity index (χ0n) is 17.3. The maximum atomic E-state index is 11.5. The standard InChI is InChI=1S/C13H14.C10H17NO4/c1-2-11-7-3-4-8-12-9-5-6-10-13(11)12;1-10(2,3)15-9(14)11-5-4-7(6-11)8(12)13/h4-10H,2-3H2,1H3;7H,4-6H2,1-3H3,(H,12,13)/t;7-/m.1/s1. The molecule has 1 amide bonds. The minimum absolute atomic E-state index is 0.254. The molecule has 1 heterocycles. The summed E-state index contributed by atoms with van der Waals surface area (Å²) in [5.41, 5.74) is 3.70. The summed E-state index contributed by atoms with van der Waals surface area (Å²) in [7, 11) is 0. The monoisotopic (exact) mass is 385 g/mol. The van der Waals surface area contributed by atoms with Gasteiger partial charge in [-0.05, 0) is 56.7 Å². The SMILES string of the molecule is CC(C)(C)OC(=O)N1CC[C@@H](C(=O)O)C1.CCC1=CCC=Cc2ccccc21. The summed E-state index contributed by atoms with van der Waals surface area (Å²) in [6.45, 7) is 8.30. The van der Waals surface area contributed by atoms with Gasteiger partial charge in [-0.25, -0.2) is 4.79 Å². The second kappa shape index (κ2) is 9.58. The van der Waals surface area contributed by atoms with Crippen LogP contribution in [0.25, 0.3) is 11.6 Å². The first-order valence-corrected chi connectivity index (χ1v) is 9.87. The summed E-state index contributed by atoms with van der Waals surface area (Å²) in [5, 5.41) is 8.77. The van der Waals surface area contributed by atoms with Gasteiger partial charge in [0.25, 0.3) is 0 Å². The average molecular weight is 386 g/mol. The molecule has 0 spiro atoms. The maximum absolute atomic E-state index is 11.5. The summed E-state index contributed by atoms with van der Waals surface area (Å²) >= 11 is 0. The fourth-order valence-corrected chi connectivity index (χ4v) is 3.24. The van der Waals surface area contributed by atoms with Crippen molar-refractivity contribution < 1.29 is 19.4 Å². The van der Waals surface area contributed by atoms with Crippen molar-refractivity contribution in [3.8, 4) is 0 Å². The van der Waals surface area contributed by atoms with E-state index >= 15 is 0 Å². The number of carboxylic acid groups (broad SMARTS) is 1. The number of allylic oxidation sites excluding steroid dienone is 3. The van der Waals surface area contributed by atoms with Gasteiger partial charge in [0.15, 0.2) is 0 Å². The molecule has 0 aromatic heterocycles. The number of ether oxygens (including phenoxy) is 1. The maximum Gasteiger partial charge on any atom is 0.410 e. The van der Waals surface area contributed by atoms with Gasteiger partial charge >= 0.3 is 12.1 Å². The van der Waals surface area contributed by atoms with Gasteiger partial charge in [-0.1, -0.05) is 49.4 Å². The van der Waals surface area contributed by atoms with E-state index in [4.69, 9.17) is 9.84 Å². The van der Waals surface area contributed by atoms with E-state index < -0.39 is 23.6 Å². The third kappa shape index (κ3) is 6.25. The number of likely N-dealkylation sites (tertiary alicyclic amines) is 1. The summed E-state index contributed by atoms with van der Waals surface area (Å²) in [4.78, 5) is 23.7. The molecule has 28 heavy (non-hydrogen) atoms. The molecule has 1 aliphatic carbocycles.